The number of hydrogen-bond acceptors (Lipinski definition) is 6. The number of esters is 1. The van der Waals surface area contributed by atoms with E-state index in [1.165, 1.54) is 12.1 Å². The van der Waals surface area contributed by atoms with E-state index in [2.05, 4.69) is 10.1 Å². The summed E-state index contributed by atoms with van der Waals surface area (Å²) >= 11 is 6.19. The van der Waals surface area contributed by atoms with Crippen molar-refractivity contribution in [2.75, 3.05) is 12.4 Å². The van der Waals surface area contributed by atoms with Crippen LogP contribution in [-0.2, 0) is 19.4 Å². The lowest BCUT2D eigenvalue weighted by molar-refractivity contribution is -0.168. The molecule has 2 aliphatic rings. The molecule has 2 unspecified atom stereocenters. The Morgan fingerprint density at radius 3 is 2.20 bits per heavy atom. The molecule has 12 heteroatoms. The molecule has 7 nitrogen and oxygen atoms in total. The molecule has 4 rings (SSSR count). The van der Waals surface area contributed by atoms with Crippen LogP contribution in [0, 0.1) is 29.3 Å². The Labute approximate surface area is 204 Å². The third-order valence-corrected chi connectivity index (χ3v) is 9.58. The van der Waals surface area contributed by atoms with Gasteiger partial charge in [-0.3, -0.25) is 4.79 Å². The number of halogens is 4. The van der Waals surface area contributed by atoms with Gasteiger partial charge in [0.1, 0.15) is 0 Å². The first-order chi connectivity index (χ1) is 16.4. The van der Waals surface area contributed by atoms with Gasteiger partial charge < -0.3 is 15.2 Å². The van der Waals surface area contributed by atoms with Crippen LogP contribution in [0.1, 0.15) is 36.0 Å². The summed E-state index contributed by atoms with van der Waals surface area (Å²) in [6.45, 7) is 0. The SMILES string of the molecule is COC(=O)[C@]1(O)CC2CC[C@@H](C1)C2S(=O)(=O)c1cc(C(=O)Nc2cc(F)c(F)c(F)c2)ccc1Cl. The molecule has 0 aliphatic heterocycles. The van der Waals surface area contributed by atoms with Gasteiger partial charge in [0, 0.05) is 23.4 Å². The highest BCUT2D eigenvalue weighted by Gasteiger charge is 2.57. The first-order valence-corrected chi connectivity index (χ1v) is 12.6. The zero-order valence-corrected chi connectivity index (χ0v) is 19.9. The maximum atomic E-state index is 13.6. The number of ether oxygens (including phenoxy) is 1. The third-order valence-electron chi connectivity index (χ3n) is 6.70. The quantitative estimate of drug-likeness (QED) is 0.448. The maximum Gasteiger partial charge on any atom is 0.337 e. The molecule has 0 aromatic heterocycles. The molecule has 0 radical (unpaired) electrons. The molecule has 0 heterocycles. The summed E-state index contributed by atoms with van der Waals surface area (Å²) < 4.78 is 72.0. The smallest absolute Gasteiger partial charge is 0.337 e. The highest BCUT2D eigenvalue weighted by Crippen LogP contribution is 2.51. The molecule has 0 saturated heterocycles. The second-order valence-electron chi connectivity index (χ2n) is 8.89. The van der Waals surface area contributed by atoms with Crippen LogP contribution in [0.2, 0.25) is 5.02 Å². The van der Waals surface area contributed by atoms with Crippen LogP contribution in [0.5, 0.6) is 0 Å². The van der Waals surface area contributed by atoms with Crippen molar-refractivity contribution in [3.05, 3.63) is 58.4 Å². The van der Waals surface area contributed by atoms with E-state index in [-0.39, 0.29) is 34.0 Å². The molecular weight excluding hydrogens is 511 g/mol. The number of fused-ring (bicyclic) bond motifs is 2. The first-order valence-electron chi connectivity index (χ1n) is 10.7. The Hall–Kier alpha value is -2.63. The molecule has 0 spiro atoms. The lowest BCUT2D eigenvalue weighted by atomic mass is 9.77. The van der Waals surface area contributed by atoms with Crippen LogP contribution in [0.3, 0.4) is 0 Å². The third kappa shape index (κ3) is 4.52. The van der Waals surface area contributed by atoms with Crippen LogP contribution in [-0.4, -0.2) is 43.4 Å². The monoisotopic (exact) mass is 531 g/mol. The normalized spacial score (nSPS) is 25.8. The van der Waals surface area contributed by atoms with E-state index < -0.39 is 61.9 Å². The average molecular weight is 532 g/mol. The van der Waals surface area contributed by atoms with Crippen molar-refractivity contribution < 1.29 is 41.0 Å². The lowest BCUT2D eigenvalue weighted by Crippen LogP contribution is -2.50. The van der Waals surface area contributed by atoms with Crippen molar-refractivity contribution in [2.45, 2.75) is 41.4 Å². The van der Waals surface area contributed by atoms with Gasteiger partial charge in [0.2, 0.25) is 0 Å². The zero-order valence-electron chi connectivity index (χ0n) is 18.4. The number of carbonyl (C=O) groups excluding carboxylic acids is 2. The summed E-state index contributed by atoms with van der Waals surface area (Å²) in [5, 5.41) is 11.9. The highest BCUT2D eigenvalue weighted by molar-refractivity contribution is 7.92. The molecule has 2 fully saturated rings. The van der Waals surface area contributed by atoms with Crippen LogP contribution < -0.4 is 5.32 Å². The second-order valence-corrected chi connectivity index (χ2v) is 11.4. The van der Waals surface area contributed by atoms with Crippen LogP contribution >= 0.6 is 11.6 Å². The Balaban J connectivity index is 1.62. The summed E-state index contributed by atoms with van der Waals surface area (Å²) in [7, 11) is -2.96. The molecule has 2 bridgehead atoms. The minimum atomic E-state index is -4.10. The molecule has 35 heavy (non-hydrogen) atoms. The summed E-state index contributed by atoms with van der Waals surface area (Å²) in [6.07, 6.45) is 0.792. The summed E-state index contributed by atoms with van der Waals surface area (Å²) in [6, 6.07) is 4.69. The molecule has 2 saturated carbocycles. The molecular formula is C23H21ClF3NO6S. The number of methoxy groups -OCH3 is 1. The Morgan fingerprint density at radius 1 is 1.09 bits per heavy atom. The van der Waals surface area contributed by atoms with Crippen molar-refractivity contribution in [1.82, 2.24) is 0 Å². The molecule has 2 aromatic rings. The number of anilines is 1. The molecule has 1 amide bonds. The number of aliphatic hydroxyl groups is 1. The molecule has 188 valence electrons. The predicted molar refractivity (Wildman–Crippen MR) is 119 cm³/mol. The minimum absolute atomic E-state index is 0.0838. The van der Waals surface area contributed by atoms with Gasteiger partial charge in [0.25, 0.3) is 5.91 Å². The van der Waals surface area contributed by atoms with E-state index in [9.17, 15) is 36.3 Å². The summed E-state index contributed by atoms with van der Waals surface area (Å²) in [5.74, 6) is -7.45. The zero-order chi connectivity index (χ0) is 25.7. The molecule has 2 N–H and O–H groups in total. The number of rotatable bonds is 5. The number of carbonyl (C=O) groups is 2. The maximum absolute atomic E-state index is 13.6. The van der Waals surface area contributed by atoms with Gasteiger partial charge in [-0.25, -0.2) is 26.4 Å². The van der Waals surface area contributed by atoms with Crippen LogP contribution in [0.25, 0.3) is 0 Å². The van der Waals surface area contributed by atoms with Crippen LogP contribution in [0.4, 0.5) is 18.9 Å². The minimum Gasteiger partial charge on any atom is -0.467 e. The Morgan fingerprint density at radius 2 is 1.66 bits per heavy atom. The van der Waals surface area contributed by atoms with E-state index in [1.807, 2.05) is 0 Å². The number of amides is 1. The standard InChI is InChI=1S/C23H21ClF3NO6S/c1-34-22(30)23(31)9-12-2-3-13(10-23)20(12)35(32,33)18-6-11(4-5-15(18)24)21(29)28-14-7-16(25)19(27)17(26)8-14/h4-8,12-13,20,31H,2-3,9-10H2,1H3,(H,28,29)/t12-,13?,20?,23+/m0/s1. The van der Waals surface area contributed by atoms with Crippen molar-refractivity contribution in [3.63, 3.8) is 0 Å². The Bertz CT molecular complexity index is 1280. The van der Waals surface area contributed by atoms with Crippen molar-refractivity contribution in [1.29, 1.82) is 0 Å². The second kappa shape index (κ2) is 9.11. The summed E-state index contributed by atoms with van der Waals surface area (Å²) in [4.78, 5) is 24.4. The highest BCUT2D eigenvalue weighted by atomic mass is 35.5. The number of sulfone groups is 1. The number of hydrogen-bond donors (Lipinski definition) is 2. The molecule has 2 aromatic carbocycles. The summed E-state index contributed by atoms with van der Waals surface area (Å²) in [5.41, 5.74) is -2.29. The van der Waals surface area contributed by atoms with Crippen molar-refractivity contribution >= 4 is 39.0 Å². The topological polar surface area (TPSA) is 110 Å². The largest absolute Gasteiger partial charge is 0.467 e. The van der Waals surface area contributed by atoms with Crippen molar-refractivity contribution in [3.8, 4) is 0 Å². The predicted octanol–water partition coefficient (Wildman–Crippen LogP) is 3.88. The lowest BCUT2D eigenvalue weighted by Gasteiger charge is -2.38. The Kier molecular flexibility index (Phi) is 6.62. The van der Waals surface area contributed by atoms with E-state index in [0.717, 1.165) is 13.2 Å². The first kappa shape index (κ1) is 25.5. The fourth-order valence-corrected chi connectivity index (χ4v) is 8.07. The molecule has 2 aliphatic carbocycles. The van der Waals surface area contributed by atoms with E-state index >= 15 is 0 Å². The van der Waals surface area contributed by atoms with Gasteiger partial charge in [0.15, 0.2) is 32.9 Å². The fraction of sp³-hybridized carbons (Fsp3) is 0.391. The van der Waals surface area contributed by atoms with E-state index in [4.69, 9.17) is 11.6 Å². The number of benzene rings is 2. The van der Waals surface area contributed by atoms with Gasteiger partial charge in [-0.2, -0.15) is 0 Å². The van der Waals surface area contributed by atoms with Gasteiger partial charge in [-0.05, 0) is 55.7 Å². The average Bonchev–Trinajstić information content (AvgIpc) is 3.09. The fourth-order valence-electron chi connectivity index (χ4n) is 5.23. The van der Waals surface area contributed by atoms with Gasteiger partial charge in [-0.15, -0.1) is 0 Å². The van der Waals surface area contributed by atoms with Crippen LogP contribution in [0.15, 0.2) is 35.2 Å². The van der Waals surface area contributed by atoms with Gasteiger partial charge >= 0.3 is 5.97 Å². The van der Waals surface area contributed by atoms with Crippen molar-refractivity contribution in [2.24, 2.45) is 11.8 Å². The van der Waals surface area contributed by atoms with E-state index in [1.54, 1.807) is 0 Å². The van der Waals surface area contributed by atoms with Gasteiger partial charge in [-0.1, -0.05) is 11.6 Å². The van der Waals surface area contributed by atoms with Gasteiger partial charge in [0.05, 0.1) is 22.3 Å². The number of nitrogens with one attached hydrogen (secondary N) is 1. The molecule has 4 atom stereocenters. The van der Waals surface area contributed by atoms with E-state index in [0.29, 0.717) is 25.0 Å².